The molecule has 0 heterocycles. The summed E-state index contributed by atoms with van der Waals surface area (Å²) in [6, 6.07) is 9.82. The van der Waals surface area contributed by atoms with Gasteiger partial charge in [-0.3, -0.25) is 0 Å². The second kappa shape index (κ2) is 5.19. The van der Waals surface area contributed by atoms with Gasteiger partial charge in [-0.05, 0) is 42.0 Å². The summed E-state index contributed by atoms with van der Waals surface area (Å²) in [5.41, 5.74) is 6.33. The molecule has 0 aliphatic rings. The maximum absolute atomic E-state index is 13.3. The maximum Gasteiger partial charge on any atom is 0.182 e. The van der Waals surface area contributed by atoms with Crippen molar-refractivity contribution in [3.8, 4) is 0 Å². The molecule has 0 unspecified atom stereocenters. The van der Waals surface area contributed by atoms with E-state index in [0.717, 1.165) is 6.07 Å². The van der Waals surface area contributed by atoms with Crippen LogP contribution in [0.4, 0.5) is 10.1 Å². The molecule has 0 aliphatic carbocycles. The standard InChI is InChI=1S/C13H11ClFNO2S/c14-12-6-1-9(7-13(12)15)8-19(17,18)11-4-2-10(16)3-5-11/h1-7H,8,16H2. The lowest BCUT2D eigenvalue weighted by molar-refractivity contribution is 0.594. The SMILES string of the molecule is Nc1ccc(S(=O)(=O)Cc2ccc(Cl)c(F)c2)cc1. The fourth-order valence-electron chi connectivity index (χ4n) is 1.61. The van der Waals surface area contributed by atoms with Crippen molar-refractivity contribution in [2.45, 2.75) is 10.6 Å². The molecular weight excluding hydrogens is 289 g/mol. The fourth-order valence-corrected chi connectivity index (χ4v) is 3.06. The normalized spacial score (nSPS) is 11.5. The van der Waals surface area contributed by atoms with Crippen LogP contribution in [0.3, 0.4) is 0 Å². The summed E-state index contributed by atoms with van der Waals surface area (Å²) in [4.78, 5) is 0.150. The Morgan fingerprint density at radius 2 is 1.74 bits per heavy atom. The molecule has 0 saturated heterocycles. The Kier molecular flexibility index (Phi) is 3.78. The number of nitrogen functional groups attached to an aromatic ring is 1. The summed E-state index contributed by atoms with van der Waals surface area (Å²) in [5.74, 6) is -0.919. The predicted octanol–water partition coefficient (Wildman–Crippen LogP) is 3.04. The Hall–Kier alpha value is -1.59. The van der Waals surface area contributed by atoms with Crippen LogP contribution in [0.1, 0.15) is 5.56 Å². The van der Waals surface area contributed by atoms with Crippen LogP contribution in [0.25, 0.3) is 0 Å². The smallest absolute Gasteiger partial charge is 0.182 e. The Morgan fingerprint density at radius 1 is 1.11 bits per heavy atom. The second-order valence-corrected chi connectivity index (χ2v) is 6.47. The zero-order chi connectivity index (χ0) is 14.0. The van der Waals surface area contributed by atoms with E-state index in [2.05, 4.69) is 0 Å². The third-order valence-corrected chi connectivity index (χ3v) is 4.59. The fraction of sp³-hybridized carbons (Fsp3) is 0.0769. The molecule has 0 aliphatic heterocycles. The van der Waals surface area contributed by atoms with Crippen molar-refractivity contribution in [2.75, 3.05) is 5.73 Å². The van der Waals surface area contributed by atoms with E-state index >= 15 is 0 Å². The Morgan fingerprint density at radius 3 is 2.32 bits per heavy atom. The first-order valence-corrected chi connectivity index (χ1v) is 7.44. The van der Waals surface area contributed by atoms with E-state index in [0.29, 0.717) is 11.3 Å². The van der Waals surface area contributed by atoms with Crippen LogP contribution >= 0.6 is 11.6 Å². The van der Waals surface area contributed by atoms with E-state index in [1.165, 1.54) is 36.4 Å². The first-order chi connectivity index (χ1) is 8.88. The van der Waals surface area contributed by atoms with Crippen molar-refractivity contribution < 1.29 is 12.8 Å². The van der Waals surface area contributed by atoms with Crippen molar-refractivity contribution in [3.63, 3.8) is 0 Å². The van der Waals surface area contributed by atoms with E-state index in [1.54, 1.807) is 0 Å². The van der Waals surface area contributed by atoms with Crippen LogP contribution in [0.5, 0.6) is 0 Å². The lowest BCUT2D eigenvalue weighted by Gasteiger charge is -2.06. The van der Waals surface area contributed by atoms with Gasteiger partial charge in [0.25, 0.3) is 0 Å². The first-order valence-electron chi connectivity index (χ1n) is 5.41. The topological polar surface area (TPSA) is 60.2 Å². The lowest BCUT2D eigenvalue weighted by Crippen LogP contribution is -2.05. The third kappa shape index (κ3) is 3.24. The molecule has 0 saturated carbocycles. The monoisotopic (exact) mass is 299 g/mol. The van der Waals surface area contributed by atoms with Gasteiger partial charge in [-0.25, -0.2) is 12.8 Å². The highest BCUT2D eigenvalue weighted by atomic mass is 35.5. The molecule has 2 aromatic rings. The molecule has 19 heavy (non-hydrogen) atoms. The average molecular weight is 300 g/mol. The highest BCUT2D eigenvalue weighted by molar-refractivity contribution is 7.90. The quantitative estimate of drug-likeness (QED) is 0.886. The van der Waals surface area contributed by atoms with Crippen LogP contribution in [0.15, 0.2) is 47.4 Å². The molecule has 6 heteroatoms. The van der Waals surface area contributed by atoms with Crippen molar-refractivity contribution in [1.82, 2.24) is 0 Å². The van der Waals surface area contributed by atoms with E-state index < -0.39 is 15.7 Å². The molecule has 2 N–H and O–H groups in total. The van der Waals surface area contributed by atoms with Crippen LogP contribution < -0.4 is 5.73 Å². The zero-order valence-corrected chi connectivity index (χ0v) is 11.4. The number of anilines is 1. The van der Waals surface area contributed by atoms with Gasteiger partial charge in [-0.2, -0.15) is 0 Å². The summed E-state index contributed by atoms with van der Waals surface area (Å²) in [6.07, 6.45) is 0. The molecular formula is C13H11ClFNO2S. The van der Waals surface area contributed by atoms with Crippen molar-refractivity contribution in [2.24, 2.45) is 0 Å². The minimum absolute atomic E-state index is 0.0337. The van der Waals surface area contributed by atoms with E-state index in [4.69, 9.17) is 17.3 Å². The van der Waals surface area contributed by atoms with Crippen LogP contribution in [0.2, 0.25) is 5.02 Å². The molecule has 3 nitrogen and oxygen atoms in total. The van der Waals surface area contributed by atoms with Gasteiger partial charge in [0.1, 0.15) is 5.82 Å². The molecule has 2 rings (SSSR count). The highest BCUT2D eigenvalue weighted by Crippen LogP contribution is 2.21. The minimum Gasteiger partial charge on any atom is -0.399 e. The van der Waals surface area contributed by atoms with Gasteiger partial charge >= 0.3 is 0 Å². The molecule has 0 amide bonds. The van der Waals surface area contributed by atoms with E-state index in [1.807, 2.05) is 0 Å². The Balaban J connectivity index is 2.30. The number of benzene rings is 2. The maximum atomic E-state index is 13.3. The van der Waals surface area contributed by atoms with E-state index in [-0.39, 0.29) is 15.7 Å². The second-order valence-electron chi connectivity index (χ2n) is 4.08. The van der Waals surface area contributed by atoms with Gasteiger partial charge in [-0.15, -0.1) is 0 Å². The van der Waals surface area contributed by atoms with Crippen molar-refractivity contribution in [3.05, 3.63) is 58.9 Å². The molecule has 2 aromatic carbocycles. The molecule has 100 valence electrons. The van der Waals surface area contributed by atoms with Gasteiger partial charge in [0.05, 0.1) is 15.7 Å². The number of nitrogens with two attached hydrogens (primary N) is 1. The predicted molar refractivity (Wildman–Crippen MR) is 73.2 cm³/mol. The molecule has 0 radical (unpaired) electrons. The Labute approximate surface area is 115 Å². The van der Waals surface area contributed by atoms with Gasteiger partial charge in [0.15, 0.2) is 9.84 Å². The summed E-state index contributed by atoms with van der Waals surface area (Å²) < 4.78 is 37.5. The van der Waals surface area contributed by atoms with Crippen LogP contribution in [0, 0.1) is 5.82 Å². The summed E-state index contributed by atoms with van der Waals surface area (Å²) in [5, 5.41) is -0.0337. The Bertz CT molecular complexity index is 699. The molecule has 0 bridgehead atoms. The third-order valence-electron chi connectivity index (χ3n) is 2.58. The van der Waals surface area contributed by atoms with Crippen LogP contribution in [-0.4, -0.2) is 8.42 Å². The molecule has 0 fully saturated rings. The van der Waals surface area contributed by atoms with Gasteiger partial charge in [0.2, 0.25) is 0 Å². The molecule has 0 aromatic heterocycles. The summed E-state index contributed by atoms with van der Waals surface area (Å²) in [7, 11) is -3.53. The number of rotatable bonds is 3. The lowest BCUT2D eigenvalue weighted by atomic mass is 10.2. The largest absolute Gasteiger partial charge is 0.399 e. The van der Waals surface area contributed by atoms with Gasteiger partial charge in [-0.1, -0.05) is 17.7 Å². The van der Waals surface area contributed by atoms with Crippen molar-refractivity contribution in [1.29, 1.82) is 0 Å². The highest BCUT2D eigenvalue weighted by Gasteiger charge is 2.16. The van der Waals surface area contributed by atoms with Crippen LogP contribution in [-0.2, 0) is 15.6 Å². The average Bonchev–Trinajstić information content (AvgIpc) is 2.34. The summed E-state index contributed by atoms with van der Waals surface area (Å²) in [6.45, 7) is 0. The zero-order valence-electron chi connectivity index (χ0n) is 9.81. The number of hydrogen-bond donors (Lipinski definition) is 1. The van der Waals surface area contributed by atoms with E-state index in [9.17, 15) is 12.8 Å². The first kappa shape index (κ1) is 13.8. The number of hydrogen-bond acceptors (Lipinski definition) is 3. The molecule has 0 spiro atoms. The summed E-state index contributed by atoms with van der Waals surface area (Å²) >= 11 is 5.55. The van der Waals surface area contributed by atoms with Crippen molar-refractivity contribution >= 4 is 27.1 Å². The minimum atomic E-state index is -3.53. The van der Waals surface area contributed by atoms with Gasteiger partial charge < -0.3 is 5.73 Å². The van der Waals surface area contributed by atoms with Gasteiger partial charge in [0, 0.05) is 5.69 Å². The molecule has 0 atom stereocenters. The number of halogens is 2. The number of sulfone groups is 1.